The first-order chi connectivity index (χ1) is 8.08. The van der Waals surface area contributed by atoms with Crippen molar-refractivity contribution in [1.82, 2.24) is 0 Å². The van der Waals surface area contributed by atoms with Crippen LogP contribution in [0.3, 0.4) is 0 Å². The van der Waals surface area contributed by atoms with Crippen molar-refractivity contribution < 1.29 is 22.5 Å². The van der Waals surface area contributed by atoms with Gasteiger partial charge in [-0.1, -0.05) is 0 Å². The molecular weight excluding hydrogens is 258 g/mol. The molecule has 7 heteroatoms. The van der Waals surface area contributed by atoms with Crippen molar-refractivity contribution in [3.05, 3.63) is 24.3 Å². The molecule has 0 spiro atoms. The van der Waals surface area contributed by atoms with Crippen LogP contribution in [-0.4, -0.2) is 24.7 Å². The molecule has 100 valence electrons. The van der Waals surface area contributed by atoms with Gasteiger partial charge in [-0.15, -0.1) is 0 Å². The molecule has 0 radical (unpaired) electrons. The van der Waals surface area contributed by atoms with E-state index in [1.54, 1.807) is 20.8 Å². The molecule has 0 aromatic heterocycles. The Kier molecular flexibility index (Phi) is 3.98. The van der Waals surface area contributed by atoms with Gasteiger partial charge in [-0.2, -0.15) is 8.42 Å². The summed E-state index contributed by atoms with van der Waals surface area (Å²) in [4.78, 5) is 11.2. The van der Waals surface area contributed by atoms with Crippen molar-refractivity contribution in [1.29, 1.82) is 0 Å². The van der Waals surface area contributed by atoms with E-state index in [1.165, 1.54) is 24.3 Å². The summed E-state index contributed by atoms with van der Waals surface area (Å²) in [5, 5.41) is 2.44. The third kappa shape index (κ3) is 4.72. The van der Waals surface area contributed by atoms with Gasteiger partial charge in [0.25, 0.3) is 10.1 Å². The maximum Gasteiger partial charge on any atom is 0.412 e. The Morgan fingerprint density at radius 3 is 2.11 bits per heavy atom. The predicted octanol–water partition coefficient (Wildman–Crippen LogP) is 2.28. The van der Waals surface area contributed by atoms with Gasteiger partial charge in [-0.05, 0) is 45.0 Å². The lowest BCUT2D eigenvalue weighted by Crippen LogP contribution is -2.27. The summed E-state index contributed by atoms with van der Waals surface area (Å²) in [6, 6.07) is 5.07. The number of amides is 1. The normalized spacial score (nSPS) is 12.0. The lowest BCUT2D eigenvalue weighted by Gasteiger charge is -2.19. The number of nitrogens with one attached hydrogen (secondary N) is 1. The van der Waals surface area contributed by atoms with Crippen LogP contribution in [0.2, 0.25) is 0 Å². The van der Waals surface area contributed by atoms with Gasteiger partial charge in [0, 0.05) is 5.69 Å². The number of ether oxygens (including phenoxy) is 1. The van der Waals surface area contributed by atoms with E-state index in [4.69, 9.17) is 9.29 Å². The maximum atomic E-state index is 11.4. The molecule has 1 aromatic rings. The Morgan fingerprint density at radius 2 is 1.72 bits per heavy atom. The SMILES string of the molecule is CC(C)(C)OC(=O)Nc1ccc(S(=O)(=O)O)cc1. The maximum absolute atomic E-state index is 11.4. The summed E-state index contributed by atoms with van der Waals surface area (Å²) in [6.45, 7) is 5.19. The van der Waals surface area contributed by atoms with E-state index in [0.717, 1.165) is 0 Å². The van der Waals surface area contributed by atoms with E-state index in [2.05, 4.69) is 5.32 Å². The summed E-state index contributed by atoms with van der Waals surface area (Å²) in [6.07, 6.45) is -0.637. The number of benzene rings is 1. The Labute approximate surface area is 106 Å². The van der Waals surface area contributed by atoms with Crippen LogP contribution in [0.4, 0.5) is 10.5 Å². The third-order valence-electron chi connectivity index (χ3n) is 1.80. The van der Waals surface area contributed by atoms with Gasteiger partial charge in [0.15, 0.2) is 0 Å². The van der Waals surface area contributed by atoms with E-state index in [0.29, 0.717) is 5.69 Å². The summed E-state index contributed by atoms with van der Waals surface area (Å²) in [5.41, 5.74) is -0.241. The minimum absolute atomic E-state index is 0.239. The lowest BCUT2D eigenvalue weighted by molar-refractivity contribution is 0.0636. The molecule has 1 aromatic carbocycles. The van der Waals surface area contributed by atoms with E-state index in [9.17, 15) is 13.2 Å². The van der Waals surface area contributed by atoms with Crippen molar-refractivity contribution in [2.24, 2.45) is 0 Å². The first-order valence-electron chi connectivity index (χ1n) is 5.15. The first kappa shape index (κ1) is 14.5. The zero-order valence-electron chi connectivity index (χ0n) is 10.3. The van der Waals surface area contributed by atoms with Crippen LogP contribution in [0, 0.1) is 0 Å². The highest BCUT2D eigenvalue weighted by Gasteiger charge is 2.16. The van der Waals surface area contributed by atoms with Gasteiger partial charge >= 0.3 is 6.09 Å². The first-order valence-corrected chi connectivity index (χ1v) is 6.59. The molecule has 0 fully saturated rings. The quantitative estimate of drug-likeness (QED) is 0.806. The van der Waals surface area contributed by atoms with Crippen LogP contribution in [0.1, 0.15) is 20.8 Å². The second-order valence-corrected chi connectivity index (χ2v) is 6.05. The molecule has 6 nitrogen and oxygen atoms in total. The van der Waals surface area contributed by atoms with Gasteiger partial charge < -0.3 is 4.74 Å². The van der Waals surface area contributed by atoms with Crippen LogP contribution >= 0.6 is 0 Å². The van der Waals surface area contributed by atoms with Crippen molar-refractivity contribution in [2.45, 2.75) is 31.3 Å². The number of hydrogen-bond donors (Lipinski definition) is 2. The van der Waals surface area contributed by atoms with Crippen molar-refractivity contribution in [3.8, 4) is 0 Å². The van der Waals surface area contributed by atoms with Crippen LogP contribution in [-0.2, 0) is 14.9 Å². The summed E-state index contributed by atoms with van der Waals surface area (Å²) in [7, 11) is -4.22. The Morgan fingerprint density at radius 1 is 1.22 bits per heavy atom. The average molecular weight is 273 g/mol. The van der Waals surface area contributed by atoms with Gasteiger partial charge in [0.1, 0.15) is 5.60 Å². The molecule has 0 aliphatic heterocycles. The number of hydrogen-bond acceptors (Lipinski definition) is 4. The summed E-state index contributed by atoms with van der Waals surface area (Å²) >= 11 is 0. The highest BCUT2D eigenvalue weighted by molar-refractivity contribution is 7.85. The fourth-order valence-corrected chi connectivity index (χ4v) is 1.61. The molecule has 0 heterocycles. The second kappa shape index (κ2) is 4.95. The fraction of sp³-hybridized carbons (Fsp3) is 0.364. The van der Waals surface area contributed by atoms with Crippen LogP contribution in [0.15, 0.2) is 29.2 Å². The molecule has 2 N–H and O–H groups in total. The monoisotopic (exact) mass is 273 g/mol. The van der Waals surface area contributed by atoms with E-state index < -0.39 is 21.8 Å². The molecule has 0 aliphatic rings. The molecule has 0 bridgehead atoms. The highest BCUT2D eigenvalue weighted by atomic mass is 32.2. The highest BCUT2D eigenvalue weighted by Crippen LogP contribution is 2.15. The Bertz CT molecular complexity index is 528. The molecule has 0 atom stereocenters. The second-order valence-electron chi connectivity index (χ2n) is 4.63. The predicted molar refractivity (Wildman–Crippen MR) is 66.1 cm³/mol. The van der Waals surface area contributed by atoms with Gasteiger partial charge in [0.2, 0.25) is 0 Å². The number of carbonyl (C=O) groups excluding carboxylic acids is 1. The van der Waals surface area contributed by atoms with E-state index in [1.807, 2.05) is 0 Å². The molecular formula is C11H15NO5S. The molecule has 0 unspecified atom stereocenters. The van der Waals surface area contributed by atoms with Gasteiger partial charge in [0.05, 0.1) is 4.90 Å². The smallest absolute Gasteiger partial charge is 0.412 e. The molecule has 18 heavy (non-hydrogen) atoms. The molecule has 0 saturated carbocycles. The van der Waals surface area contributed by atoms with Gasteiger partial charge in [-0.3, -0.25) is 9.87 Å². The van der Waals surface area contributed by atoms with Crippen LogP contribution in [0.25, 0.3) is 0 Å². The minimum atomic E-state index is -4.22. The zero-order chi connectivity index (χ0) is 14.0. The molecule has 0 saturated heterocycles. The van der Waals surface area contributed by atoms with Crippen molar-refractivity contribution in [2.75, 3.05) is 5.32 Å². The van der Waals surface area contributed by atoms with Crippen molar-refractivity contribution >= 4 is 21.9 Å². The van der Waals surface area contributed by atoms with Crippen molar-refractivity contribution in [3.63, 3.8) is 0 Å². The fourth-order valence-electron chi connectivity index (χ4n) is 1.13. The summed E-state index contributed by atoms with van der Waals surface area (Å²) in [5.74, 6) is 0. The Hall–Kier alpha value is -1.60. The number of rotatable bonds is 2. The van der Waals surface area contributed by atoms with Gasteiger partial charge in [-0.25, -0.2) is 4.79 Å². The topological polar surface area (TPSA) is 92.7 Å². The minimum Gasteiger partial charge on any atom is -0.444 e. The third-order valence-corrected chi connectivity index (χ3v) is 2.67. The largest absolute Gasteiger partial charge is 0.444 e. The molecule has 0 aliphatic carbocycles. The van der Waals surface area contributed by atoms with E-state index in [-0.39, 0.29) is 4.90 Å². The number of anilines is 1. The molecule has 1 amide bonds. The number of carbonyl (C=O) groups is 1. The zero-order valence-corrected chi connectivity index (χ0v) is 11.1. The summed E-state index contributed by atoms with van der Waals surface area (Å²) < 4.78 is 35.4. The van der Waals surface area contributed by atoms with Crippen LogP contribution < -0.4 is 5.32 Å². The lowest BCUT2D eigenvalue weighted by atomic mass is 10.2. The standard InChI is InChI=1S/C11H15NO5S/c1-11(2,3)17-10(13)12-8-4-6-9(7-5-8)18(14,15)16/h4-7H,1-3H3,(H,12,13)(H,14,15,16). The molecule has 1 rings (SSSR count). The Balaban J connectivity index is 2.73. The van der Waals surface area contributed by atoms with E-state index >= 15 is 0 Å². The average Bonchev–Trinajstić information content (AvgIpc) is 2.13. The van der Waals surface area contributed by atoms with Crippen LogP contribution in [0.5, 0.6) is 0 Å².